The van der Waals surface area contributed by atoms with E-state index in [1.54, 1.807) is 36.8 Å². The lowest BCUT2D eigenvalue weighted by molar-refractivity contribution is -0.118. The molecular weight excluding hydrogens is 478 g/mol. The Hall–Kier alpha value is -3.07. The number of nitrogens with one attached hydrogen (secondary N) is 1. The number of nitrogens with zero attached hydrogens (tertiary/aromatic N) is 2. The maximum Gasteiger partial charge on any atom is 0.250 e. The molecule has 168 valence electrons. The number of ether oxygens (including phenoxy) is 2. The molecule has 1 heterocycles. The summed E-state index contributed by atoms with van der Waals surface area (Å²) >= 11 is 8.97. The third-order valence-corrected chi connectivity index (χ3v) is 6.89. The second-order valence-electron chi connectivity index (χ2n) is 6.86. The van der Waals surface area contributed by atoms with Crippen LogP contribution >= 0.6 is 34.7 Å². The highest BCUT2D eigenvalue weighted by Crippen LogP contribution is 2.30. The van der Waals surface area contributed by atoms with Crippen LogP contribution in [-0.4, -0.2) is 30.0 Å². The van der Waals surface area contributed by atoms with Crippen LogP contribution in [-0.2, 0) is 11.4 Å². The van der Waals surface area contributed by atoms with E-state index in [-0.39, 0.29) is 11.7 Å². The second kappa shape index (κ2) is 11.2. The average molecular weight is 498 g/mol. The van der Waals surface area contributed by atoms with Gasteiger partial charge in [-0.1, -0.05) is 47.6 Å². The van der Waals surface area contributed by atoms with Gasteiger partial charge in [0, 0.05) is 5.02 Å². The maximum absolute atomic E-state index is 12.1. The molecule has 0 spiro atoms. The molecule has 0 saturated heterocycles. The van der Waals surface area contributed by atoms with Crippen molar-refractivity contribution >= 4 is 57.0 Å². The van der Waals surface area contributed by atoms with E-state index < -0.39 is 0 Å². The van der Waals surface area contributed by atoms with Crippen molar-refractivity contribution in [2.24, 2.45) is 5.10 Å². The summed E-state index contributed by atoms with van der Waals surface area (Å²) in [6.45, 7) is 0.368. The Morgan fingerprint density at radius 1 is 1.15 bits per heavy atom. The van der Waals surface area contributed by atoms with Gasteiger partial charge in [0.25, 0.3) is 5.91 Å². The Morgan fingerprint density at radius 3 is 2.85 bits per heavy atom. The molecule has 0 aliphatic carbocycles. The molecule has 3 aromatic carbocycles. The number of hydrogen-bond acceptors (Lipinski definition) is 7. The smallest absolute Gasteiger partial charge is 0.250 e. The second-order valence-corrected chi connectivity index (χ2v) is 9.55. The first-order valence-corrected chi connectivity index (χ1v) is 12.1. The summed E-state index contributed by atoms with van der Waals surface area (Å²) in [7, 11) is 1.57. The van der Waals surface area contributed by atoms with Crippen LogP contribution in [0.25, 0.3) is 10.2 Å². The van der Waals surface area contributed by atoms with E-state index in [1.807, 2.05) is 54.6 Å². The van der Waals surface area contributed by atoms with E-state index in [1.165, 1.54) is 11.8 Å². The molecule has 1 amide bonds. The van der Waals surface area contributed by atoms with Gasteiger partial charge < -0.3 is 9.47 Å². The van der Waals surface area contributed by atoms with Crippen LogP contribution in [0.1, 0.15) is 11.1 Å². The zero-order valence-corrected chi connectivity index (χ0v) is 20.0. The van der Waals surface area contributed by atoms with Crippen molar-refractivity contribution < 1.29 is 14.3 Å². The van der Waals surface area contributed by atoms with Crippen LogP contribution in [0.3, 0.4) is 0 Å². The predicted octanol–water partition coefficient (Wildman–Crippen LogP) is 5.78. The quantitative estimate of drug-likeness (QED) is 0.180. The minimum Gasteiger partial charge on any atom is -0.493 e. The Balaban J connectivity index is 1.29. The van der Waals surface area contributed by atoms with Crippen molar-refractivity contribution in [1.82, 2.24) is 10.4 Å². The number of hydrazone groups is 1. The largest absolute Gasteiger partial charge is 0.493 e. The molecule has 9 heteroatoms. The lowest BCUT2D eigenvalue weighted by atomic mass is 10.2. The van der Waals surface area contributed by atoms with Gasteiger partial charge in [-0.2, -0.15) is 5.10 Å². The summed E-state index contributed by atoms with van der Waals surface area (Å²) in [6.07, 6.45) is 1.56. The Morgan fingerprint density at radius 2 is 2.03 bits per heavy atom. The molecule has 0 atom stereocenters. The fourth-order valence-electron chi connectivity index (χ4n) is 2.92. The standard InChI is InChI=1S/C24H20ClN3O3S2/c1-30-21-12-16(9-10-20(21)31-14-17-5-4-6-18(25)11-17)13-26-28-23(29)15-32-24-27-19-7-2-3-8-22(19)33-24/h2-13H,14-15H2,1H3,(H,28,29)/b26-13+. The first-order valence-electron chi connectivity index (χ1n) is 9.96. The first kappa shape index (κ1) is 23.1. The number of aromatic nitrogens is 1. The van der Waals surface area contributed by atoms with Gasteiger partial charge in [-0.15, -0.1) is 11.3 Å². The van der Waals surface area contributed by atoms with Crippen LogP contribution in [0, 0.1) is 0 Å². The SMILES string of the molecule is COc1cc(/C=N/NC(=O)CSc2nc3ccccc3s2)ccc1OCc1cccc(Cl)c1. The molecule has 0 saturated carbocycles. The number of benzene rings is 3. The summed E-state index contributed by atoms with van der Waals surface area (Å²) in [5, 5.41) is 4.70. The number of halogens is 1. The molecule has 1 N–H and O–H groups in total. The molecule has 0 unspecified atom stereocenters. The third kappa shape index (κ3) is 6.47. The van der Waals surface area contributed by atoms with E-state index >= 15 is 0 Å². The van der Waals surface area contributed by atoms with Gasteiger partial charge in [-0.25, -0.2) is 10.4 Å². The number of carbonyl (C=O) groups is 1. The molecule has 1 aromatic heterocycles. The predicted molar refractivity (Wildman–Crippen MR) is 135 cm³/mol. The molecule has 0 radical (unpaired) electrons. The lowest BCUT2D eigenvalue weighted by Gasteiger charge is -2.11. The van der Waals surface area contributed by atoms with Crippen molar-refractivity contribution in [3.63, 3.8) is 0 Å². The van der Waals surface area contributed by atoms with Gasteiger partial charge in [0.05, 0.1) is 29.3 Å². The number of para-hydroxylation sites is 1. The molecule has 0 fully saturated rings. The number of thiazole rings is 1. The highest BCUT2D eigenvalue weighted by atomic mass is 35.5. The molecule has 6 nitrogen and oxygen atoms in total. The van der Waals surface area contributed by atoms with E-state index in [0.717, 1.165) is 25.7 Å². The monoisotopic (exact) mass is 497 g/mol. The number of rotatable bonds is 9. The molecule has 0 bridgehead atoms. The Labute approximate surface area is 204 Å². The van der Waals surface area contributed by atoms with Crippen molar-refractivity contribution in [2.45, 2.75) is 10.9 Å². The third-order valence-electron chi connectivity index (χ3n) is 4.47. The van der Waals surface area contributed by atoms with Crippen molar-refractivity contribution in [3.05, 3.63) is 82.9 Å². The molecule has 4 rings (SSSR count). The van der Waals surface area contributed by atoms with Crippen LogP contribution in [0.15, 0.2) is 76.2 Å². The molecular formula is C24H20ClN3O3S2. The van der Waals surface area contributed by atoms with Gasteiger partial charge in [-0.05, 0) is 53.6 Å². The zero-order chi connectivity index (χ0) is 23.0. The van der Waals surface area contributed by atoms with Crippen molar-refractivity contribution in [3.8, 4) is 11.5 Å². The van der Waals surface area contributed by atoms with Crippen molar-refractivity contribution in [2.75, 3.05) is 12.9 Å². The van der Waals surface area contributed by atoms with Gasteiger partial charge in [0.1, 0.15) is 6.61 Å². The summed E-state index contributed by atoms with van der Waals surface area (Å²) < 4.78 is 13.2. The number of fused-ring (bicyclic) bond motifs is 1. The topological polar surface area (TPSA) is 72.8 Å². The van der Waals surface area contributed by atoms with Crippen molar-refractivity contribution in [1.29, 1.82) is 0 Å². The van der Waals surface area contributed by atoms with Gasteiger partial charge in [0.15, 0.2) is 15.8 Å². The normalized spacial score (nSPS) is 11.1. The van der Waals surface area contributed by atoms with Gasteiger partial charge in [-0.3, -0.25) is 4.79 Å². The summed E-state index contributed by atoms with van der Waals surface area (Å²) in [5.74, 6) is 1.20. The summed E-state index contributed by atoms with van der Waals surface area (Å²) in [4.78, 5) is 16.6. The van der Waals surface area contributed by atoms with E-state index in [9.17, 15) is 4.79 Å². The van der Waals surface area contributed by atoms with Crippen LogP contribution < -0.4 is 14.9 Å². The van der Waals surface area contributed by atoms with Gasteiger partial charge >= 0.3 is 0 Å². The highest BCUT2D eigenvalue weighted by molar-refractivity contribution is 8.01. The van der Waals surface area contributed by atoms with Crippen LogP contribution in [0.2, 0.25) is 5.02 Å². The van der Waals surface area contributed by atoms with E-state index in [4.69, 9.17) is 21.1 Å². The minimum atomic E-state index is -0.205. The number of methoxy groups -OCH3 is 1. The fraction of sp³-hybridized carbons (Fsp3) is 0.125. The van der Waals surface area contributed by atoms with E-state index in [0.29, 0.717) is 23.1 Å². The fourth-order valence-corrected chi connectivity index (χ4v) is 5.00. The molecule has 33 heavy (non-hydrogen) atoms. The maximum atomic E-state index is 12.1. The number of amides is 1. The zero-order valence-electron chi connectivity index (χ0n) is 17.7. The Bertz CT molecular complexity index is 1260. The number of carbonyl (C=O) groups excluding carboxylic acids is 1. The number of hydrogen-bond donors (Lipinski definition) is 1. The summed E-state index contributed by atoms with van der Waals surface area (Å²) in [6, 6.07) is 20.8. The highest BCUT2D eigenvalue weighted by Gasteiger charge is 2.08. The van der Waals surface area contributed by atoms with Gasteiger partial charge in [0.2, 0.25) is 0 Å². The number of thioether (sulfide) groups is 1. The molecule has 4 aromatic rings. The van der Waals surface area contributed by atoms with Crippen LogP contribution in [0.4, 0.5) is 0 Å². The first-order chi connectivity index (χ1) is 16.1. The molecule has 0 aliphatic heterocycles. The minimum absolute atomic E-state index is 0.205. The Kier molecular flexibility index (Phi) is 7.83. The van der Waals surface area contributed by atoms with E-state index in [2.05, 4.69) is 15.5 Å². The molecule has 0 aliphatic rings. The lowest BCUT2D eigenvalue weighted by Crippen LogP contribution is -2.19. The average Bonchev–Trinajstić information content (AvgIpc) is 3.25. The van der Waals surface area contributed by atoms with Crippen LogP contribution in [0.5, 0.6) is 11.5 Å². The summed E-state index contributed by atoms with van der Waals surface area (Å²) in [5.41, 5.74) is 5.21.